The largest absolute Gasteiger partial charge is 0.469 e. The Bertz CT molecular complexity index is 1300. The summed E-state index contributed by atoms with van der Waals surface area (Å²) < 4.78 is 5.43. The van der Waals surface area contributed by atoms with Crippen molar-refractivity contribution in [2.75, 3.05) is 19.5 Å². The van der Waals surface area contributed by atoms with Crippen molar-refractivity contribution >= 4 is 35.1 Å². The summed E-state index contributed by atoms with van der Waals surface area (Å²) >= 11 is 1.49. The van der Waals surface area contributed by atoms with Gasteiger partial charge in [0.1, 0.15) is 0 Å². The number of allylic oxidation sites excluding steroid dienone is 3. The minimum Gasteiger partial charge on any atom is -0.469 e. The van der Waals surface area contributed by atoms with Crippen LogP contribution in [0.15, 0.2) is 22.6 Å². The quantitative estimate of drug-likeness (QED) is 0.151. The van der Waals surface area contributed by atoms with Crippen molar-refractivity contribution in [3.8, 4) is 0 Å². The van der Waals surface area contributed by atoms with Gasteiger partial charge in [0.2, 0.25) is 0 Å². The molecule has 0 amide bonds. The van der Waals surface area contributed by atoms with Gasteiger partial charge in [0.25, 0.3) is 0 Å². The van der Waals surface area contributed by atoms with Crippen LogP contribution in [0.1, 0.15) is 106 Å². The normalized spacial score (nSPS) is 44.6. The zero-order chi connectivity index (χ0) is 31.8. The summed E-state index contributed by atoms with van der Waals surface area (Å²) in [6.07, 6.45) is 8.90. The number of Topliss-reactive ketones (excluding diaryl/α,β-unsaturated/α-hetero) is 2. The predicted molar refractivity (Wildman–Crippen MR) is 169 cm³/mol. The molecule has 0 radical (unpaired) electrons. The lowest BCUT2D eigenvalue weighted by Gasteiger charge is -2.69. The first kappa shape index (κ1) is 32.7. The van der Waals surface area contributed by atoms with E-state index in [9.17, 15) is 24.3 Å². The van der Waals surface area contributed by atoms with Gasteiger partial charge in [-0.1, -0.05) is 41.0 Å². The molecule has 0 saturated heterocycles. The third-order valence-electron chi connectivity index (χ3n) is 13.5. The van der Waals surface area contributed by atoms with Crippen LogP contribution in [0.4, 0.5) is 0 Å². The maximum absolute atomic E-state index is 14.6. The number of carbonyl (C=O) groups is 4. The lowest BCUT2D eigenvalue weighted by Crippen LogP contribution is -2.68. The van der Waals surface area contributed by atoms with Crippen LogP contribution in [0.2, 0.25) is 0 Å². The molecule has 0 aliphatic heterocycles. The van der Waals surface area contributed by atoms with Crippen LogP contribution in [-0.2, 0) is 23.9 Å². The highest BCUT2D eigenvalue weighted by atomic mass is 32.2. The average molecular weight is 613 g/mol. The fourth-order valence-electron chi connectivity index (χ4n) is 10.7. The first-order valence-corrected chi connectivity index (χ1v) is 17.5. The Labute approximate surface area is 262 Å². The summed E-state index contributed by atoms with van der Waals surface area (Å²) in [7, 11) is 1.46. The van der Waals surface area contributed by atoms with Crippen molar-refractivity contribution in [1.82, 2.24) is 0 Å². The van der Waals surface area contributed by atoms with Gasteiger partial charge in [-0.3, -0.25) is 19.2 Å². The number of thioether (sulfide) groups is 1. The van der Waals surface area contributed by atoms with E-state index in [1.165, 1.54) is 18.9 Å². The number of carbonyl (C=O) groups excluding carboxylic acids is 4. The molecule has 43 heavy (non-hydrogen) atoms. The first-order valence-electron chi connectivity index (χ1n) is 16.4. The Hall–Kier alpha value is -1.73. The highest BCUT2D eigenvalue weighted by molar-refractivity contribution is 8.02. The van der Waals surface area contributed by atoms with Crippen LogP contribution in [0.25, 0.3) is 0 Å². The number of esters is 1. The number of aliphatic hydroxyl groups excluding tert-OH is 1. The van der Waals surface area contributed by atoms with Crippen LogP contribution >= 0.6 is 11.8 Å². The van der Waals surface area contributed by atoms with E-state index >= 15 is 0 Å². The molecule has 5 rings (SSSR count). The minimum absolute atomic E-state index is 0.00535. The van der Waals surface area contributed by atoms with E-state index in [1.807, 2.05) is 13.8 Å². The second-order valence-corrected chi connectivity index (χ2v) is 17.1. The Morgan fingerprint density at radius 2 is 1.70 bits per heavy atom. The molecule has 7 heteroatoms. The molecule has 0 aromatic rings. The number of fused-ring (bicyclic) bond motifs is 7. The average Bonchev–Trinajstić information content (AvgIpc) is 2.96. The van der Waals surface area contributed by atoms with Gasteiger partial charge in [-0.25, -0.2) is 0 Å². The van der Waals surface area contributed by atoms with Crippen LogP contribution in [0.5, 0.6) is 0 Å². The molecule has 5 aliphatic carbocycles. The summed E-state index contributed by atoms with van der Waals surface area (Å²) in [5.74, 6) is -0.727. The maximum atomic E-state index is 14.6. The number of ether oxygens (including phenoxy) is 1. The Morgan fingerprint density at radius 3 is 2.33 bits per heavy atom. The Balaban J connectivity index is 1.67. The Morgan fingerprint density at radius 1 is 1.02 bits per heavy atom. The number of unbranched alkanes of at least 4 members (excludes halogenated alkanes) is 1. The fraction of sp³-hybridized carbons (Fsp3) is 0.778. The summed E-state index contributed by atoms with van der Waals surface area (Å²) in [6, 6.07) is 0. The smallest absolute Gasteiger partial charge is 0.312 e. The second kappa shape index (κ2) is 10.7. The van der Waals surface area contributed by atoms with Gasteiger partial charge in [0, 0.05) is 5.92 Å². The maximum Gasteiger partial charge on any atom is 0.312 e. The summed E-state index contributed by atoms with van der Waals surface area (Å²) in [4.78, 5) is 56.6. The SMILES string of the molecule is CCCCS/C=C1\C(=O)[C@]2(C)C3=CC(=O)[C@@H]4[C@@H]5CC(C)(C)CC[C@]5(C(=O)OC)CC[C@@]4(C)[C@]3(C)CC[C@H]2[C@@](C)(CO)C1=O. The summed E-state index contributed by atoms with van der Waals surface area (Å²) in [5.41, 5.74) is -2.78. The molecule has 5 aliphatic rings. The van der Waals surface area contributed by atoms with Gasteiger partial charge < -0.3 is 9.84 Å². The van der Waals surface area contributed by atoms with Crippen molar-refractivity contribution in [3.05, 3.63) is 22.6 Å². The molecule has 4 fully saturated rings. The number of hydrogen-bond donors (Lipinski definition) is 1. The molecule has 0 aromatic carbocycles. The van der Waals surface area contributed by atoms with Gasteiger partial charge in [-0.05, 0) is 116 Å². The van der Waals surface area contributed by atoms with Crippen molar-refractivity contribution < 1.29 is 29.0 Å². The van der Waals surface area contributed by atoms with Crippen LogP contribution in [0.3, 0.4) is 0 Å². The molecule has 0 aromatic heterocycles. The van der Waals surface area contributed by atoms with Crippen molar-refractivity contribution in [2.45, 2.75) is 106 Å². The van der Waals surface area contributed by atoms with Crippen LogP contribution in [0, 0.1) is 50.2 Å². The van der Waals surface area contributed by atoms with Crippen LogP contribution in [-0.4, -0.2) is 47.9 Å². The van der Waals surface area contributed by atoms with E-state index in [0.29, 0.717) is 19.3 Å². The van der Waals surface area contributed by atoms with Gasteiger partial charge in [0.05, 0.1) is 35.5 Å². The molecule has 238 valence electrons. The lowest BCUT2D eigenvalue weighted by molar-refractivity contribution is -0.192. The molecule has 0 unspecified atom stereocenters. The molecule has 8 atom stereocenters. The van der Waals surface area contributed by atoms with Crippen molar-refractivity contribution in [2.24, 2.45) is 50.2 Å². The molecule has 6 nitrogen and oxygen atoms in total. The third-order valence-corrected chi connectivity index (χ3v) is 14.5. The fourth-order valence-corrected chi connectivity index (χ4v) is 11.6. The lowest BCUT2D eigenvalue weighted by atomic mass is 9.33. The Kier molecular flexibility index (Phi) is 8.11. The molecule has 0 bridgehead atoms. The van der Waals surface area contributed by atoms with Gasteiger partial charge in [0.15, 0.2) is 17.3 Å². The summed E-state index contributed by atoms with van der Waals surface area (Å²) in [5, 5.41) is 12.5. The topological polar surface area (TPSA) is 97.7 Å². The minimum atomic E-state index is -1.11. The highest BCUT2D eigenvalue weighted by Gasteiger charge is 2.73. The molecule has 4 saturated carbocycles. The highest BCUT2D eigenvalue weighted by Crippen LogP contribution is 2.74. The van der Waals surface area contributed by atoms with Gasteiger partial charge in [-0.2, -0.15) is 0 Å². The molecule has 1 N–H and O–H groups in total. The molecular formula is C36H52O6S. The van der Waals surface area contributed by atoms with E-state index in [2.05, 4.69) is 34.6 Å². The zero-order valence-corrected chi connectivity index (χ0v) is 28.4. The van der Waals surface area contributed by atoms with Crippen molar-refractivity contribution in [1.29, 1.82) is 0 Å². The van der Waals surface area contributed by atoms with E-state index in [0.717, 1.165) is 49.9 Å². The predicted octanol–water partition coefficient (Wildman–Crippen LogP) is 6.89. The zero-order valence-electron chi connectivity index (χ0n) is 27.6. The number of hydrogen-bond acceptors (Lipinski definition) is 7. The number of ketones is 3. The van der Waals surface area contributed by atoms with Crippen LogP contribution < -0.4 is 0 Å². The van der Waals surface area contributed by atoms with Gasteiger partial charge >= 0.3 is 5.97 Å². The van der Waals surface area contributed by atoms with Crippen molar-refractivity contribution in [3.63, 3.8) is 0 Å². The van der Waals surface area contributed by atoms with E-state index in [1.54, 1.807) is 11.5 Å². The molecular weight excluding hydrogens is 560 g/mol. The van der Waals surface area contributed by atoms with E-state index in [4.69, 9.17) is 4.74 Å². The monoisotopic (exact) mass is 612 g/mol. The number of aliphatic hydroxyl groups is 1. The second-order valence-electron chi connectivity index (χ2n) is 16.1. The first-order chi connectivity index (χ1) is 20.0. The van der Waals surface area contributed by atoms with E-state index < -0.39 is 33.0 Å². The van der Waals surface area contributed by atoms with E-state index in [-0.39, 0.29) is 52.7 Å². The molecule has 0 heterocycles. The number of methoxy groups -OCH3 is 1. The third kappa shape index (κ3) is 4.29. The van der Waals surface area contributed by atoms with Gasteiger partial charge in [-0.15, -0.1) is 11.8 Å². The molecule has 0 spiro atoms. The number of rotatable bonds is 6. The summed E-state index contributed by atoms with van der Waals surface area (Å²) in [6.45, 7) is 14.5. The standard InChI is InChI=1S/C36H52O6S/c1-9-10-17-43-20-22-28(39)32(4,21-37)25-11-12-33(5)26(35(25,7)29(22)40)18-24(38)27-23-19-31(2,3)13-15-36(23,30(41)42-8)16-14-34(27,33)6/h18,20,23,25,27,37H,9-17,19,21H2,1-8H3/b22-20-/t23-,25-,27-,32+,33+,34+,35-,36-/m0/s1.